The van der Waals surface area contributed by atoms with Crippen LogP contribution in [0.5, 0.6) is 0 Å². The summed E-state index contributed by atoms with van der Waals surface area (Å²) in [5.74, 6) is -1.20. The Labute approximate surface area is 199 Å². The number of hydrogen-bond acceptors (Lipinski definition) is 4. The van der Waals surface area contributed by atoms with E-state index in [4.69, 9.17) is 4.74 Å². The highest BCUT2D eigenvalue weighted by molar-refractivity contribution is 5.87. The lowest BCUT2D eigenvalue weighted by Crippen LogP contribution is -2.52. The Kier molecular flexibility index (Phi) is 7.20. The van der Waals surface area contributed by atoms with Gasteiger partial charge in [-0.05, 0) is 54.9 Å². The highest BCUT2D eigenvalue weighted by Crippen LogP contribution is 2.44. The number of hydrogen-bond donors (Lipinski definition) is 3. The zero-order chi connectivity index (χ0) is 24.1. The van der Waals surface area contributed by atoms with Gasteiger partial charge >= 0.3 is 12.1 Å². The van der Waals surface area contributed by atoms with E-state index >= 15 is 0 Å². The minimum absolute atomic E-state index is 0.00861. The van der Waals surface area contributed by atoms with Crippen LogP contribution in [-0.2, 0) is 14.3 Å². The zero-order valence-electron chi connectivity index (χ0n) is 19.5. The Hall–Kier alpha value is -3.35. The van der Waals surface area contributed by atoms with E-state index in [1.807, 2.05) is 31.2 Å². The molecule has 0 aromatic heterocycles. The minimum Gasteiger partial charge on any atom is -0.480 e. The molecule has 1 atom stereocenters. The van der Waals surface area contributed by atoms with E-state index in [1.165, 1.54) is 11.1 Å². The fourth-order valence-corrected chi connectivity index (χ4v) is 5.18. The summed E-state index contributed by atoms with van der Waals surface area (Å²) >= 11 is 0. The summed E-state index contributed by atoms with van der Waals surface area (Å²) in [5.41, 5.74) is 3.58. The fraction of sp³-hybridized carbons (Fsp3) is 0.444. The molecule has 2 aromatic carbocycles. The molecule has 2 aliphatic rings. The number of carbonyl (C=O) groups excluding carboxylic acids is 2. The number of ether oxygens (including phenoxy) is 1. The van der Waals surface area contributed by atoms with Crippen LogP contribution in [0, 0.1) is 0 Å². The monoisotopic (exact) mass is 464 g/mol. The van der Waals surface area contributed by atoms with E-state index in [-0.39, 0.29) is 30.9 Å². The molecule has 0 spiro atoms. The van der Waals surface area contributed by atoms with Crippen LogP contribution < -0.4 is 10.6 Å². The lowest BCUT2D eigenvalue weighted by molar-refractivity contribution is -0.147. The van der Waals surface area contributed by atoms with Crippen LogP contribution in [0.4, 0.5) is 4.79 Å². The number of carboxylic acids is 1. The van der Waals surface area contributed by atoms with Crippen molar-refractivity contribution in [2.45, 2.75) is 69.4 Å². The molecule has 2 aliphatic carbocycles. The van der Waals surface area contributed by atoms with Gasteiger partial charge in [0.1, 0.15) is 12.1 Å². The summed E-state index contributed by atoms with van der Waals surface area (Å²) < 4.78 is 5.57. The number of carboxylic acid groups (broad SMARTS) is 1. The topological polar surface area (TPSA) is 105 Å². The normalized spacial score (nSPS) is 16.9. The number of benzene rings is 2. The summed E-state index contributed by atoms with van der Waals surface area (Å²) in [6.45, 7) is 2.13. The fourth-order valence-electron chi connectivity index (χ4n) is 5.18. The molecule has 180 valence electrons. The molecule has 34 heavy (non-hydrogen) atoms. The maximum absolute atomic E-state index is 12.4. The molecule has 1 saturated carbocycles. The third-order valence-corrected chi connectivity index (χ3v) is 6.99. The van der Waals surface area contributed by atoms with E-state index in [0.717, 1.165) is 24.0 Å². The summed E-state index contributed by atoms with van der Waals surface area (Å²) in [4.78, 5) is 36.3. The number of carbonyl (C=O) groups is 3. The average molecular weight is 465 g/mol. The maximum atomic E-state index is 12.4. The van der Waals surface area contributed by atoms with Gasteiger partial charge in [-0.2, -0.15) is 0 Å². The number of aliphatic carboxylic acids is 1. The molecule has 0 bridgehead atoms. The van der Waals surface area contributed by atoms with E-state index in [0.29, 0.717) is 25.7 Å². The molecular weight excluding hydrogens is 432 g/mol. The largest absolute Gasteiger partial charge is 0.480 e. The molecule has 0 radical (unpaired) electrons. The Bertz CT molecular complexity index is 1010. The minimum atomic E-state index is -1.11. The molecule has 4 rings (SSSR count). The van der Waals surface area contributed by atoms with Crippen molar-refractivity contribution >= 4 is 18.0 Å². The molecule has 0 saturated heterocycles. The van der Waals surface area contributed by atoms with Crippen LogP contribution in [0.3, 0.4) is 0 Å². The number of rotatable bonds is 9. The summed E-state index contributed by atoms with van der Waals surface area (Å²) in [6.07, 6.45) is 3.48. The molecule has 1 unspecified atom stereocenters. The lowest BCUT2D eigenvalue weighted by atomic mass is 9.97. The number of fused-ring (bicyclic) bond motifs is 3. The van der Waals surface area contributed by atoms with Crippen LogP contribution in [0.2, 0.25) is 0 Å². The van der Waals surface area contributed by atoms with E-state index in [1.54, 1.807) is 0 Å². The third kappa shape index (κ3) is 5.08. The lowest BCUT2D eigenvalue weighted by Gasteiger charge is -2.25. The van der Waals surface area contributed by atoms with Crippen molar-refractivity contribution in [3.63, 3.8) is 0 Å². The van der Waals surface area contributed by atoms with Crippen LogP contribution in [0.25, 0.3) is 11.1 Å². The summed E-state index contributed by atoms with van der Waals surface area (Å²) in [7, 11) is 0. The van der Waals surface area contributed by atoms with Gasteiger partial charge in [-0.1, -0.05) is 61.4 Å². The van der Waals surface area contributed by atoms with E-state index in [9.17, 15) is 19.5 Å². The quantitative estimate of drug-likeness (QED) is 0.503. The Morgan fingerprint density at radius 3 is 2.21 bits per heavy atom. The molecular formula is C27H32N2O5. The molecule has 1 fully saturated rings. The van der Waals surface area contributed by atoms with Gasteiger partial charge in [0.2, 0.25) is 5.91 Å². The predicted molar refractivity (Wildman–Crippen MR) is 128 cm³/mol. The average Bonchev–Trinajstić information content (AvgIpc) is 3.41. The molecule has 7 nitrogen and oxygen atoms in total. The highest BCUT2D eigenvalue weighted by Gasteiger charge is 2.42. The number of alkyl carbamates (subject to hydrolysis) is 1. The second kappa shape index (κ2) is 10.3. The van der Waals surface area contributed by atoms with Gasteiger partial charge < -0.3 is 20.5 Å². The second-order valence-electron chi connectivity index (χ2n) is 9.41. The van der Waals surface area contributed by atoms with Gasteiger partial charge in [0.25, 0.3) is 0 Å². The van der Waals surface area contributed by atoms with Crippen molar-refractivity contribution in [1.29, 1.82) is 0 Å². The Morgan fingerprint density at radius 1 is 1.03 bits per heavy atom. The van der Waals surface area contributed by atoms with Crippen LogP contribution in [-0.4, -0.2) is 41.3 Å². The molecule has 0 heterocycles. The van der Waals surface area contributed by atoms with Crippen LogP contribution >= 0.6 is 0 Å². The maximum Gasteiger partial charge on any atom is 0.407 e. The van der Waals surface area contributed by atoms with Crippen molar-refractivity contribution in [2.24, 2.45) is 0 Å². The van der Waals surface area contributed by atoms with Gasteiger partial charge in [0.05, 0.1) is 0 Å². The summed E-state index contributed by atoms with van der Waals surface area (Å²) in [5, 5.41) is 15.0. The standard InChI is InChI=1S/C27H32N2O5/c1-18(9-8-14-24(30)29-27(25(31)32)15-6-7-16-27)28-26(33)34-17-23-21-12-4-2-10-19(21)20-11-3-5-13-22(20)23/h2-5,10-13,18,23H,6-9,14-17H2,1H3,(H,28,33)(H,29,30)(H,31,32). The van der Waals surface area contributed by atoms with Crippen molar-refractivity contribution in [3.05, 3.63) is 59.7 Å². The molecule has 0 aliphatic heterocycles. The first-order chi connectivity index (χ1) is 16.4. The number of nitrogens with one attached hydrogen (secondary N) is 2. The predicted octanol–water partition coefficient (Wildman–Crippen LogP) is 4.60. The zero-order valence-corrected chi connectivity index (χ0v) is 19.5. The first-order valence-corrected chi connectivity index (χ1v) is 12.1. The Morgan fingerprint density at radius 2 is 1.62 bits per heavy atom. The Balaban J connectivity index is 1.21. The van der Waals surface area contributed by atoms with Crippen molar-refractivity contribution in [2.75, 3.05) is 6.61 Å². The number of amides is 2. The van der Waals surface area contributed by atoms with E-state index < -0.39 is 17.6 Å². The molecule has 7 heteroatoms. The first-order valence-electron chi connectivity index (χ1n) is 12.1. The van der Waals surface area contributed by atoms with Crippen LogP contribution in [0.1, 0.15) is 68.9 Å². The second-order valence-corrected chi connectivity index (χ2v) is 9.41. The van der Waals surface area contributed by atoms with Gasteiger partial charge in [0, 0.05) is 18.4 Å². The SMILES string of the molecule is CC(CCCC(=O)NC1(C(=O)O)CCCC1)NC(=O)OCC1c2ccccc2-c2ccccc21. The smallest absolute Gasteiger partial charge is 0.407 e. The van der Waals surface area contributed by atoms with Gasteiger partial charge in [-0.15, -0.1) is 0 Å². The first kappa shape index (κ1) is 23.8. The van der Waals surface area contributed by atoms with Crippen molar-refractivity contribution in [3.8, 4) is 11.1 Å². The molecule has 2 aromatic rings. The molecule has 2 amide bonds. The van der Waals surface area contributed by atoms with Crippen LogP contribution in [0.15, 0.2) is 48.5 Å². The van der Waals surface area contributed by atoms with Crippen molar-refractivity contribution < 1.29 is 24.2 Å². The van der Waals surface area contributed by atoms with Crippen molar-refractivity contribution in [1.82, 2.24) is 10.6 Å². The van der Waals surface area contributed by atoms with Gasteiger partial charge in [-0.25, -0.2) is 9.59 Å². The summed E-state index contributed by atoms with van der Waals surface area (Å²) in [6, 6.07) is 16.2. The molecule has 3 N–H and O–H groups in total. The third-order valence-electron chi connectivity index (χ3n) is 6.99. The van der Waals surface area contributed by atoms with Gasteiger partial charge in [-0.3, -0.25) is 4.79 Å². The highest BCUT2D eigenvalue weighted by atomic mass is 16.5. The van der Waals surface area contributed by atoms with E-state index in [2.05, 4.69) is 34.9 Å². The van der Waals surface area contributed by atoms with Gasteiger partial charge in [0.15, 0.2) is 0 Å².